The first-order valence-corrected chi connectivity index (χ1v) is 15.5. The number of nitrogens with one attached hydrogen (secondary N) is 4. The van der Waals surface area contributed by atoms with E-state index in [9.17, 15) is 13.7 Å². The summed E-state index contributed by atoms with van der Waals surface area (Å²) in [6, 6.07) is 4.91. The number of H-pyrrole nitrogens is 1. The minimum absolute atomic E-state index is 0.0171. The van der Waals surface area contributed by atoms with Crippen LogP contribution in [0.3, 0.4) is 0 Å². The molecule has 3 rings (SSSR count). The van der Waals surface area contributed by atoms with Crippen LogP contribution in [-0.4, -0.2) is 53.5 Å². The molecular formula is C32H42F2N6O3S. The van der Waals surface area contributed by atoms with Gasteiger partial charge in [0.1, 0.15) is 12.5 Å². The van der Waals surface area contributed by atoms with Crippen LogP contribution in [0.1, 0.15) is 63.0 Å². The summed E-state index contributed by atoms with van der Waals surface area (Å²) in [5, 5.41) is 8.33. The molecule has 9 nitrogen and oxygen atoms in total. The molecule has 1 unspecified atom stereocenters. The van der Waals surface area contributed by atoms with Crippen molar-refractivity contribution in [3.8, 4) is 5.75 Å². The van der Waals surface area contributed by atoms with Gasteiger partial charge in [0.25, 0.3) is 0 Å². The molecule has 0 radical (unpaired) electrons. The first kappa shape index (κ1) is 34.6. The number of alkyl halides is 1. The van der Waals surface area contributed by atoms with E-state index in [-0.39, 0.29) is 17.6 Å². The van der Waals surface area contributed by atoms with Crippen LogP contribution in [0.25, 0.3) is 16.6 Å². The second-order valence-electron chi connectivity index (χ2n) is 9.94. The minimum atomic E-state index is -0.501. The van der Waals surface area contributed by atoms with Crippen molar-refractivity contribution in [2.45, 2.75) is 53.1 Å². The van der Waals surface area contributed by atoms with E-state index in [1.54, 1.807) is 36.0 Å². The predicted molar refractivity (Wildman–Crippen MR) is 177 cm³/mol. The van der Waals surface area contributed by atoms with Gasteiger partial charge in [0.2, 0.25) is 5.78 Å². The SMILES string of the molecule is CC/C=C(\C(C)=C/C(C)OC/C=C\C=C/CF)n1ncc(C(=O)c2cc3cc(OF)c(NSNCCCC)cc3[nH]2)c1NC. The molecule has 0 aliphatic rings. The number of anilines is 2. The topological polar surface area (TPSA) is 105 Å². The lowest BCUT2D eigenvalue weighted by molar-refractivity contribution is -0.00504. The van der Waals surface area contributed by atoms with Crippen LogP contribution >= 0.6 is 12.1 Å². The number of aromatic amines is 1. The van der Waals surface area contributed by atoms with Gasteiger partial charge in [0.05, 0.1) is 41.5 Å². The number of hydrogen-bond donors (Lipinski definition) is 4. The summed E-state index contributed by atoms with van der Waals surface area (Å²) in [6.45, 7) is 8.73. The van der Waals surface area contributed by atoms with Crippen LogP contribution in [0.2, 0.25) is 0 Å². The number of rotatable bonds is 19. The average molecular weight is 629 g/mol. The second-order valence-corrected chi connectivity index (χ2v) is 10.6. The molecule has 0 fully saturated rings. The molecular weight excluding hydrogens is 586 g/mol. The maximum atomic E-state index is 13.7. The Labute approximate surface area is 262 Å². The molecule has 0 aliphatic carbocycles. The molecule has 0 saturated heterocycles. The Morgan fingerprint density at radius 2 is 2.02 bits per heavy atom. The Bertz CT molecular complexity index is 1490. The third-order valence-corrected chi connectivity index (χ3v) is 7.28. The van der Waals surface area contributed by atoms with E-state index >= 15 is 0 Å². The number of aromatic nitrogens is 3. The number of hydrogen-bond acceptors (Lipinski definition) is 8. The van der Waals surface area contributed by atoms with Gasteiger partial charge in [-0.05, 0) is 50.5 Å². The Hall–Kier alpha value is -3.87. The number of carbonyl (C=O) groups excluding carboxylic acids is 1. The quantitative estimate of drug-likeness (QED) is 0.0459. The van der Waals surface area contributed by atoms with Gasteiger partial charge in [-0.3, -0.25) is 9.74 Å². The summed E-state index contributed by atoms with van der Waals surface area (Å²) in [7, 11) is 1.74. The fourth-order valence-corrected chi connectivity index (χ4v) is 5.05. The molecule has 2 aromatic heterocycles. The van der Waals surface area contributed by atoms with Crippen LogP contribution in [-0.2, 0) is 4.74 Å². The van der Waals surface area contributed by atoms with E-state index in [0.717, 1.165) is 37.1 Å². The number of benzene rings is 1. The number of unbranched alkanes of at least 4 members (excludes halogenated alkanes) is 1. The van der Waals surface area contributed by atoms with E-state index in [4.69, 9.17) is 4.74 Å². The molecule has 0 aliphatic heterocycles. The van der Waals surface area contributed by atoms with Gasteiger partial charge < -0.3 is 19.8 Å². The third kappa shape index (κ3) is 9.31. The molecule has 44 heavy (non-hydrogen) atoms. The van der Waals surface area contributed by atoms with Crippen molar-refractivity contribution < 1.29 is 23.4 Å². The summed E-state index contributed by atoms with van der Waals surface area (Å²) < 4.78 is 39.3. The summed E-state index contributed by atoms with van der Waals surface area (Å²) >= 11 is 1.24. The highest BCUT2D eigenvalue weighted by atomic mass is 32.2. The van der Waals surface area contributed by atoms with Gasteiger partial charge in [0, 0.05) is 41.2 Å². The normalized spacial score (nSPS) is 13.3. The number of ketones is 1. The molecule has 2 heterocycles. The zero-order valence-corrected chi connectivity index (χ0v) is 26.7. The van der Waals surface area contributed by atoms with Crippen molar-refractivity contribution in [1.82, 2.24) is 19.5 Å². The maximum Gasteiger partial charge on any atom is 0.214 e. The van der Waals surface area contributed by atoms with Crippen LogP contribution in [0.15, 0.2) is 66.4 Å². The highest BCUT2D eigenvalue weighted by Gasteiger charge is 2.23. The van der Waals surface area contributed by atoms with Gasteiger partial charge in [-0.15, -0.1) is 0 Å². The predicted octanol–water partition coefficient (Wildman–Crippen LogP) is 7.95. The van der Waals surface area contributed by atoms with Gasteiger partial charge >= 0.3 is 0 Å². The molecule has 0 spiro atoms. The molecule has 4 N–H and O–H groups in total. The second kappa shape index (κ2) is 18.1. The molecule has 12 heteroatoms. The van der Waals surface area contributed by atoms with Crippen molar-refractivity contribution in [2.75, 3.05) is 36.9 Å². The van der Waals surface area contributed by atoms with Crippen LogP contribution in [0.5, 0.6) is 5.75 Å². The lowest BCUT2D eigenvalue weighted by Gasteiger charge is -2.15. The summed E-state index contributed by atoms with van der Waals surface area (Å²) in [5.74, 6) is 0.276. The summed E-state index contributed by atoms with van der Waals surface area (Å²) in [5.41, 5.74) is 3.52. The van der Waals surface area contributed by atoms with Gasteiger partial charge in [-0.2, -0.15) is 5.10 Å². The van der Waals surface area contributed by atoms with Gasteiger partial charge in [-0.1, -0.05) is 56.7 Å². The van der Waals surface area contributed by atoms with E-state index in [0.29, 0.717) is 40.3 Å². The number of nitrogens with zero attached hydrogens (tertiary/aromatic N) is 2. The third-order valence-electron chi connectivity index (χ3n) is 6.61. The van der Waals surface area contributed by atoms with E-state index in [1.807, 2.05) is 39.0 Å². The van der Waals surface area contributed by atoms with Crippen LogP contribution in [0, 0.1) is 0 Å². The Balaban J connectivity index is 1.84. The van der Waals surface area contributed by atoms with E-state index in [2.05, 4.69) is 36.7 Å². The fraction of sp³-hybridized carbons (Fsp3) is 0.375. The van der Waals surface area contributed by atoms with Crippen LogP contribution in [0.4, 0.5) is 20.4 Å². The molecule has 1 aromatic carbocycles. The van der Waals surface area contributed by atoms with E-state index < -0.39 is 6.67 Å². The Morgan fingerprint density at radius 1 is 1.23 bits per heavy atom. The fourth-order valence-electron chi connectivity index (χ4n) is 4.46. The van der Waals surface area contributed by atoms with Crippen molar-refractivity contribution in [1.29, 1.82) is 0 Å². The summed E-state index contributed by atoms with van der Waals surface area (Å²) in [4.78, 5) is 21.0. The molecule has 238 valence electrons. The van der Waals surface area contributed by atoms with Crippen LogP contribution < -0.4 is 19.7 Å². The first-order chi connectivity index (χ1) is 21.4. The average Bonchev–Trinajstić information content (AvgIpc) is 3.64. The molecule has 3 aromatic rings. The number of halogens is 2. The summed E-state index contributed by atoms with van der Waals surface area (Å²) in [6.07, 6.45) is 14.8. The first-order valence-electron chi connectivity index (χ1n) is 14.7. The van der Waals surface area contributed by atoms with Crippen molar-refractivity contribution in [3.63, 3.8) is 0 Å². The number of allylic oxidation sites excluding steroid dienone is 6. The number of carbonyl (C=O) groups is 1. The minimum Gasteiger partial charge on any atom is -0.372 e. The lowest BCUT2D eigenvalue weighted by Crippen LogP contribution is -2.11. The Morgan fingerprint density at radius 3 is 2.73 bits per heavy atom. The largest absolute Gasteiger partial charge is 0.372 e. The number of fused-ring (bicyclic) bond motifs is 1. The molecule has 1 atom stereocenters. The molecule has 0 saturated carbocycles. The maximum absolute atomic E-state index is 13.7. The standard InChI is InChI=1S/C32H42F2N6O3S/c1-6-8-15-37-44-39-27-20-26-24(19-30(27)43-34)18-28(38-26)31(41)25-21-36-40(32(25)35-5)29(13-7-2)22(3)17-23(4)42-16-12-10-9-11-14-33/h9-13,17-21,23,35,37-39H,6-8,14-16H2,1-5H3/b11-9-,12-10-,22-17-,29-13+. The van der Waals surface area contributed by atoms with Crippen molar-refractivity contribution in [2.24, 2.45) is 0 Å². The zero-order valence-electron chi connectivity index (χ0n) is 25.9. The van der Waals surface area contributed by atoms with Crippen molar-refractivity contribution in [3.05, 3.63) is 77.7 Å². The monoisotopic (exact) mass is 628 g/mol. The highest BCUT2D eigenvalue weighted by molar-refractivity contribution is 7.98. The smallest absolute Gasteiger partial charge is 0.214 e. The number of ether oxygens (including phenoxy) is 1. The zero-order chi connectivity index (χ0) is 31.9. The Kier molecular flexibility index (Phi) is 14.2. The van der Waals surface area contributed by atoms with Gasteiger partial charge in [0.15, 0.2) is 5.75 Å². The molecule has 0 amide bonds. The van der Waals surface area contributed by atoms with Gasteiger partial charge in [-0.25, -0.2) is 13.8 Å². The van der Waals surface area contributed by atoms with E-state index in [1.165, 1.54) is 30.5 Å². The highest BCUT2D eigenvalue weighted by Crippen LogP contribution is 2.33. The van der Waals surface area contributed by atoms with Crippen molar-refractivity contribution >= 4 is 46.0 Å². The lowest BCUT2D eigenvalue weighted by atomic mass is 10.1. The molecule has 0 bridgehead atoms.